The lowest BCUT2D eigenvalue weighted by atomic mass is 9.95. The number of nitrogens with one attached hydrogen (secondary N) is 1. The maximum Gasteiger partial charge on any atom is 0.174 e. The second-order valence-electron chi connectivity index (χ2n) is 8.52. The highest BCUT2D eigenvalue weighted by Crippen LogP contribution is 2.42. The molecule has 1 saturated heterocycles. The summed E-state index contributed by atoms with van der Waals surface area (Å²) in [6, 6.07) is 17.7. The van der Waals surface area contributed by atoms with Crippen LogP contribution in [0, 0.1) is 6.92 Å². The van der Waals surface area contributed by atoms with Gasteiger partial charge in [-0.1, -0.05) is 37.5 Å². The third kappa shape index (κ3) is 3.63. The number of aromatic nitrogens is 2. The van der Waals surface area contributed by atoms with Crippen molar-refractivity contribution < 1.29 is 0 Å². The molecule has 2 aliphatic rings. The van der Waals surface area contributed by atoms with Crippen LogP contribution < -0.4 is 10.2 Å². The first-order valence-electron chi connectivity index (χ1n) is 11.0. The number of rotatable bonds is 4. The maximum absolute atomic E-state index is 5.83. The van der Waals surface area contributed by atoms with Crippen molar-refractivity contribution in [3.8, 4) is 0 Å². The molecule has 0 amide bonds. The van der Waals surface area contributed by atoms with Gasteiger partial charge in [-0.05, 0) is 73.4 Å². The van der Waals surface area contributed by atoms with Gasteiger partial charge in [0.25, 0.3) is 0 Å². The number of benzene rings is 1. The minimum absolute atomic E-state index is 0.0152. The van der Waals surface area contributed by atoms with Gasteiger partial charge in [-0.2, -0.15) is 0 Å². The average Bonchev–Trinajstić information content (AvgIpc) is 3.39. The fraction of sp³-hybridized carbons (Fsp3) is 0.360. The number of anilines is 1. The second kappa shape index (κ2) is 8.23. The first-order valence-corrected chi connectivity index (χ1v) is 11.4. The van der Waals surface area contributed by atoms with Gasteiger partial charge in [0, 0.05) is 30.3 Å². The van der Waals surface area contributed by atoms with E-state index in [0.717, 1.165) is 16.5 Å². The molecule has 1 N–H and O–H groups in total. The van der Waals surface area contributed by atoms with E-state index in [0.29, 0.717) is 6.04 Å². The SMILES string of the molecule is Cc1cccc(N2C(=S)N[C@H](c3ccccn3)[C@@H]2c2ccn(C3CCCCC3)c2)c1. The molecule has 4 nitrogen and oxygen atoms in total. The van der Waals surface area contributed by atoms with Crippen molar-refractivity contribution in [2.75, 3.05) is 4.90 Å². The van der Waals surface area contributed by atoms with Gasteiger partial charge in [0.1, 0.15) is 0 Å². The van der Waals surface area contributed by atoms with Gasteiger partial charge in [-0.15, -0.1) is 0 Å². The lowest BCUT2D eigenvalue weighted by molar-refractivity contribution is 0.353. The maximum atomic E-state index is 5.83. The van der Waals surface area contributed by atoms with Gasteiger partial charge in [0.2, 0.25) is 0 Å². The molecule has 5 heteroatoms. The molecule has 1 aliphatic carbocycles. The van der Waals surface area contributed by atoms with E-state index < -0.39 is 0 Å². The van der Waals surface area contributed by atoms with Crippen LogP contribution in [0.3, 0.4) is 0 Å². The van der Waals surface area contributed by atoms with Crippen LogP contribution in [0.5, 0.6) is 0 Å². The van der Waals surface area contributed by atoms with Gasteiger partial charge in [0.05, 0.1) is 17.8 Å². The van der Waals surface area contributed by atoms with Crippen molar-refractivity contribution in [2.45, 2.75) is 57.2 Å². The lowest BCUT2D eigenvalue weighted by Crippen LogP contribution is -2.29. The highest BCUT2D eigenvalue weighted by molar-refractivity contribution is 7.80. The molecule has 0 radical (unpaired) electrons. The van der Waals surface area contributed by atoms with Crippen LogP contribution in [-0.4, -0.2) is 14.7 Å². The van der Waals surface area contributed by atoms with Crippen LogP contribution in [-0.2, 0) is 0 Å². The first kappa shape index (κ1) is 19.3. The molecule has 2 atom stereocenters. The fourth-order valence-corrected chi connectivity index (χ4v) is 5.31. The van der Waals surface area contributed by atoms with Crippen LogP contribution in [0.1, 0.15) is 67.1 Å². The molecule has 0 spiro atoms. The predicted octanol–water partition coefficient (Wildman–Crippen LogP) is 5.87. The van der Waals surface area contributed by atoms with E-state index in [9.17, 15) is 0 Å². The summed E-state index contributed by atoms with van der Waals surface area (Å²) < 4.78 is 2.43. The molecule has 3 aromatic rings. The lowest BCUT2D eigenvalue weighted by Gasteiger charge is -2.28. The Kier molecular flexibility index (Phi) is 5.30. The molecule has 0 unspecified atom stereocenters. The standard InChI is InChI=1S/C25H28N4S/c1-18-8-7-11-21(16-18)29-24(23(27-25(29)30)22-12-5-6-14-26-22)19-13-15-28(17-19)20-9-3-2-4-10-20/h5-8,11-17,20,23-24H,2-4,9-10H2,1H3,(H,27,30)/t23-,24+/m1/s1. The van der Waals surface area contributed by atoms with E-state index in [1.165, 1.54) is 43.2 Å². The minimum Gasteiger partial charge on any atom is -0.351 e. The zero-order valence-corrected chi connectivity index (χ0v) is 18.2. The Labute approximate surface area is 183 Å². The van der Waals surface area contributed by atoms with Crippen molar-refractivity contribution in [3.63, 3.8) is 0 Å². The number of nitrogens with zero attached hydrogens (tertiary/aromatic N) is 3. The van der Waals surface area contributed by atoms with E-state index in [1.807, 2.05) is 18.3 Å². The van der Waals surface area contributed by atoms with Crippen molar-refractivity contribution in [1.29, 1.82) is 0 Å². The number of thiocarbonyl (C=S) groups is 1. The van der Waals surface area contributed by atoms with E-state index in [1.54, 1.807) is 0 Å². The van der Waals surface area contributed by atoms with Gasteiger partial charge >= 0.3 is 0 Å². The molecule has 2 fully saturated rings. The molecule has 0 bridgehead atoms. The topological polar surface area (TPSA) is 33.1 Å². The van der Waals surface area contributed by atoms with Crippen molar-refractivity contribution in [3.05, 3.63) is 83.9 Å². The fourth-order valence-electron chi connectivity index (χ4n) is 4.96. The second-order valence-corrected chi connectivity index (χ2v) is 8.91. The largest absolute Gasteiger partial charge is 0.351 e. The van der Waals surface area contributed by atoms with E-state index in [2.05, 4.69) is 75.5 Å². The monoisotopic (exact) mass is 416 g/mol. The van der Waals surface area contributed by atoms with Crippen molar-refractivity contribution in [1.82, 2.24) is 14.9 Å². The summed E-state index contributed by atoms with van der Waals surface area (Å²) in [4.78, 5) is 6.92. The minimum atomic E-state index is 0.0152. The first-order chi connectivity index (χ1) is 14.7. The molecule has 1 aliphatic heterocycles. The van der Waals surface area contributed by atoms with Crippen LogP contribution in [0.15, 0.2) is 67.1 Å². The zero-order chi connectivity index (χ0) is 20.5. The van der Waals surface area contributed by atoms with Crippen LogP contribution in [0.2, 0.25) is 0 Å². The Bertz CT molecular complexity index is 1020. The Balaban J connectivity index is 1.56. The van der Waals surface area contributed by atoms with E-state index >= 15 is 0 Å². The Hall–Kier alpha value is -2.66. The third-order valence-corrected chi connectivity index (χ3v) is 6.77. The number of hydrogen-bond donors (Lipinski definition) is 1. The highest BCUT2D eigenvalue weighted by Gasteiger charge is 2.41. The predicted molar refractivity (Wildman–Crippen MR) is 126 cm³/mol. The molecular formula is C25H28N4S. The Morgan fingerprint density at radius 2 is 1.90 bits per heavy atom. The summed E-state index contributed by atoms with van der Waals surface area (Å²) in [6.07, 6.45) is 13.1. The van der Waals surface area contributed by atoms with Crippen LogP contribution in [0.25, 0.3) is 0 Å². The molecule has 30 heavy (non-hydrogen) atoms. The molecule has 2 aromatic heterocycles. The van der Waals surface area contributed by atoms with Crippen molar-refractivity contribution >= 4 is 23.0 Å². The molecule has 3 heterocycles. The van der Waals surface area contributed by atoms with Gasteiger partial charge in [-0.25, -0.2) is 0 Å². The normalized spacial score (nSPS) is 22.3. The quantitative estimate of drug-likeness (QED) is 0.539. The van der Waals surface area contributed by atoms with Gasteiger partial charge < -0.3 is 14.8 Å². The van der Waals surface area contributed by atoms with E-state index in [-0.39, 0.29) is 12.1 Å². The summed E-state index contributed by atoms with van der Waals surface area (Å²) in [5.74, 6) is 0. The summed E-state index contributed by atoms with van der Waals surface area (Å²) in [6.45, 7) is 2.13. The number of aryl methyl sites for hydroxylation is 1. The summed E-state index contributed by atoms with van der Waals surface area (Å²) in [7, 11) is 0. The Morgan fingerprint density at radius 3 is 2.67 bits per heavy atom. The van der Waals surface area contributed by atoms with Gasteiger partial charge in [-0.3, -0.25) is 4.98 Å². The molecule has 1 aromatic carbocycles. The van der Waals surface area contributed by atoms with Crippen molar-refractivity contribution in [2.24, 2.45) is 0 Å². The summed E-state index contributed by atoms with van der Waals surface area (Å²) >= 11 is 5.83. The highest BCUT2D eigenvalue weighted by atomic mass is 32.1. The summed E-state index contributed by atoms with van der Waals surface area (Å²) in [5, 5.41) is 4.32. The van der Waals surface area contributed by atoms with E-state index in [4.69, 9.17) is 12.2 Å². The zero-order valence-electron chi connectivity index (χ0n) is 17.4. The van der Waals surface area contributed by atoms with Crippen LogP contribution >= 0.6 is 12.2 Å². The molecule has 5 rings (SSSR count). The van der Waals surface area contributed by atoms with Gasteiger partial charge in [0.15, 0.2) is 5.11 Å². The average molecular weight is 417 g/mol. The number of hydrogen-bond acceptors (Lipinski definition) is 2. The smallest absolute Gasteiger partial charge is 0.174 e. The van der Waals surface area contributed by atoms with Crippen LogP contribution in [0.4, 0.5) is 5.69 Å². The third-order valence-electron chi connectivity index (χ3n) is 6.45. The molecule has 154 valence electrons. The summed E-state index contributed by atoms with van der Waals surface area (Å²) in [5.41, 5.74) is 4.66. The number of pyridine rings is 1. The molecule has 1 saturated carbocycles. The Morgan fingerprint density at radius 1 is 1.03 bits per heavy atom. The molecular weight excluding hydrogens is 388 g/mol.